The van der Waals surface area contributed by atoms with Crippen LogP contribution in [-0.4, -0.2) is 44.8 Å². The van der Waals surface area contributed by atoms with Crippen LogP contribution >= 0.6 is 0 Å². The average molecular weight is 184 g/mol. The first-order chi connectivity index (χ1) is 6.16. The van der Waals surface area contributed by atoms with Gasteiger partial charge in [-0.15, -0.1) is 0 Å². The Balaban J connectivity index is 3.41. The molecule has 1 amide bonds. The van der Waals surface area contributed by atoms with Gasteiger partial charge in [0.15, 0.2) is 0 Å². The molecule has 74 valence electrons. The quantitative estimate of drug-likeness (QED) is 0.641. The predicted molar refractivity (Wildman–Crippen MR) is 51.4 cm³/mol. The average Bonchev–Trinajstić information content (AvgIpc) is 2.03. The van der Waals surface area contributed by atoms with Gasteiger partial charge < -0.3 is 10.1 Å². The van der Waals surface area contributed by atoms with Crippen molar-refractivity contribution < 1.29 is 9.53 Å². The number of nitrogens with zero attached hydrogens (tertiary/aromatic N) is 1. The van der Waals surface area contributed by atoms with E-state index >= 15 is 0 Å². The van der Waals surface area contributed by atoms with E-state index in [1.54, 1.807) is 6.92 Å². The van der Waals surface area contributed by atoms with Gasteiger partial charge in [-0.25, -0.2) is 4.79 Å². The van der Waals surface area contributed by atoms with Crippen LogP contribution in [0, 0.1) is 11.8 Å². The molecule has 4 nitrogen and oxygen atoms in total. The van der Waals surface area contributed by atoms with Crippen LogP contribution in [0.5, 0.6) is 0 Å². The molecular weight excluding hydrogens is 168 g/mol. The lowest BCUT2D eigenvalue weighted by Crippen LogP contribution is -2.24. The summed E-state index contributed by atoms with van der Waals surface area (Å²) < 4.78 is 4.64. The Morgan fingerprint density at radius 2 is 2.15 bits per heavy atom. The van der Waals surface area contributed by atoms with Crippen molar-refractivity contribution in [2.24, 2.45) is 0 Å². The molecule has 0 aliphatic rings. The summed E-state index contributed by atoms with van der Waals surface area (Å²) in [5.41, 5.74) is 0. The second-order valence-electron chi connectivity index (χ2n) is 2.67. The zero-order valence-electron chi connectivity index (χ0n) is 8.39. The summed E-state index contributed by atoms with van der Waals surface area (Å²) in [6.07, 6.45) is -0.415. The predicted octanol–water partition coefficient (Wildman–Crippen LogP) is 0.298. The molecule has 0 heterocycles. The molecule has 13 heavy (non-hydrogen) atoms. The van der Waals surface area contributed by atoms with Gasteiger partial charge in [0.1, 0.15) is 0 Å². The third-order valence-corrected chi connectivity index (χ3v) is 1.12. The number of ether oxygens (including phenoxy) is 1. The Kier molecular flexibility index (Phi) is 6.75. The van der Waals surface area contributed by atoms with E-state index in [4.69, 9.17) is 0 Å². The van der Waals surface area contributed by atoms with Gasteiger partial charge in [0, 0.05) is 0 Å². The molecular formula is C9H16N2O2. The highest BCUT2D eigenvalue weighted by atomic mass is 16.5. The number of hydrogen-bond acceptors (Lipinski definition) is 3. The maximum atomic E-state index is 10.7. The second kappa shape index (κ2) is 7.44. The highest BCUT2D eigenvalue weighted by molar-refractivity contribution is 5.67. The molecule has 0 radical (unpaired) electrons. The van der Waals surface area contributed by atoms with E-state index < -0.39 is 6.09 Å². The summed E-state index contributed by atoms with van der Waals surface area (Å²) in [4.78, 5) is 12.7. The van der Waals surface area contributed by atoms with Crippen molar-refractivity contribution in [3.8, 4) is 11.8 Å². The van der Waals surface area contributed by atoms with Gasteiger partial charge in [-0.1, -0.05) is 11.8 Å². The summed E-state index contributed by atoms with van der Waals surface area (Å²) in [5.74, 6) is 5.69. The molecule has 0 aromatic carbocycles. The second-order valence-corrected chi connectivity index (χ2v) is 2.67. The molecule has 0 saturated carbocycles. The van der Waals surface area contributed by atoms with Crippen LogP contribution in [0.1, 0.15) is 6.92 Å². The van der Waals surface area contributed by atoms with Crippen molar-refractivity contribution in [1.29, 1.82) is 0 Å². The maximum Gasteiger partial charge on any atom is 0.407 e. The number of amides is 1. The number of alkyl carbamates (subject to hydrolysis) is 1. The third kappa shape index (κ3) is 8.70. The van der Waals surface area contributed by atoms with Gasteiger partial charge >= 0.3 is 6.09 Å². The number of nitrogens with one attached hydrogen (secondary N) is 1. The van der Waals surface area contributed by atoms with Crippen LogP contribution < -0.4 is 5.32 Å². The normalized spacial score (nSPS) is 8.92. The molecule has 1 N–H and O–H groups in total. The molecule has 0 saturated heterocycles. The molecule has 4 heteroatoms. The Morgan fingerprint density at radius 1 is 1.46 bits per heavy atom. The molecule has 0 rings (SSSR count). The van der Waals surface area contributed by atoms with E-state index in [1.165, 1.54) is 0 Å². The lowest BCUT2D eigenvalue weighted by Gasteiger charge is -2.01. The first kappa shape index (κ1) is 11.8. The minimum Gasteiger partial charge on any atom is -0.450 e. The smallest absolute Gasteiger partial charge is 0.407 e. The summed E-state index contributed by atoms with van der Waals surface area (Å²) in [5, 5.41) is 2.50. The van der Waals surface area contributed by atoms with Gasteiger partial charge in [0.05, 0.1) is 19.7 Å². The first-order valence-electron chi connectivity index (χ1n) is 4.18. The van der Waals surface area contributed by atoms with Crippen LogP contribution in [0.25, 0.3) is 0 Å². The highest BCUT2D eigenvalue weighted by Gasteiger charge is 1.94. The van der Waals surface area contributed by atoms with Gasteiger partial charge in [0.2, 0.25) is 0 Å². The Hall–Kier alpha value is -1.21. The number of carbonyl (C=O) groups excluding carboxylic acids is 1. The van der Waals surface area contributed by atoms with Crippen molar-refractivity contribution in [2.45, 2.75) is 6.92 Å². The van der Waals surface area contributed by atoms with E-state index in [0.29, 0.717) is 19.7 Å². The largest absolute Gasteiger partial charge is 0.450 e. The fraction of sp³-hybridized carbons (Fsp3) is 0.667. The number of hydrogen-bond donors (Lipinski definition) is 1. The minimum atomic E-state index is -0.415. The van der Waals surface area contributed by atoms with Crippen LogP contribution in [-0.2, 0) is 4.74 Å². The maximum absolute atomic E-state index is 10.7. The molecule has 0 aromatic rings. The molecule has 0 aliphatic heterocycles. The topological polar surface area (TPSA) is 41.6 Å². The van der Waals surface area contributed by atoms with Gasteiger partial charge in [-0.2, -0.15) is 0 Å². The van der Waals surface area contributed by atoms with E-state index in [2.05, 4.69) is 21.9 Å². The molecule has 0 aliphatic carbocycles. The van der Waals surface area contributed by atoms with Gasteiger partial charge in [-0.3, -0.25) is 4.90 Å². The lowest BCUT2D eigenvalue weighted by molar-refractivity contribution is 0.153. The molecule has 0 aromatic heterocycles. The molecule has 0 unspecified atom stereocenters. The summed E-state index contributed by atoms with van der Waals surface area (Å²) >= 11 is 0. The molecule has 0 spiro atoms. The fourth-order valence-corrected chi connectivity index (χ4v) is 0.575. The Labute approximate surface area is 79.2 Å². The SMILES string of the molecule is CCOC(=O)NCC#CCN(C)C. The van der Waals surface area contributed by atoms with Crippen LogP contribution in [0.15, 0.2) is 0 Å². The Morgan fingerprint density at radius 3 is 2.69 bits per heavy atom. The number of rotatable bonds is 3. The first-order valence-corrected chi connectivity index (χ1v) is 4.18. The van der Waals surface area contributed by atoms with Crippen molar-refractivity contribution >= 4 is 6.09 Å². The van der Waals surface area contributed by atoms with E-state index in [-0.39, 0.29) is 0 Å². The molecule has 0 fully saturated rings. The van der Waals surface area contributed by atoms with Crippen LogP contribution in [0.2, 0.25) is 0 Å². The highest BCUT2D eigenvalue weighted by Crippen LogP contribution is 1.74. The zero-order chi connectivity index (χ0) is 10.1. The van der Waals surface area contributed by atoms with Gasteiger partial charge in [0.25, 0.3) is 0 Å². The van der Waals surface area contributed by atoms with E-state index in [0.717, 1.165) is 0 Å². The molecule has 0 bridgehead atoms. The van der Waals surface area contributed by atoms with Crippen molar-refractivity contribution in [3.05, 3.63) is 0 Å². The third-order valence-electron chi connectivity index (χ3n) is 1.12. The molecule has 0 atom stereocenters. The Bertz CT molecular complexity index is 203. The van der Waals surface area contributed by atoms with Crippen molar-refractivity contribution in [3.63, 3.8) is 0 Å². The number of carbonyl (C=O) groups is 1. The van der Waals surface area contributed by atoms with Gasteiger partial charge in [-0.05, 0) is 21.0 Å². The van der Waals surface area contributed by atoms with Crippen LogP contribution in [0.3, 0.4) is 0 Å². The minimum absolute atomic E-state index is 0.340. The lowest BCUT2D eigenvalue weighted by atomic mass is 10.5. The fourth-order valence-electron chi connectivity index (χ4n) is 0.575. The standard InChI is InChI=1S/C9H16N2O2/c1-4-13-9(12)10-7-5-6-8-11(2)3/h4,7-8H2,1-3H3,(H,10,12). The summed E-state index contributed by atoms with van der Waals surface area (Å²) in [6, 6.07) is 0. The summed E-state index contributed by atoms with van der Waals surface area (Å²) in [7, 11) is 3.88. The zero-order valence-corrected chi connectivity index (χ0v) is 8.39. The van der Waals surface area contributed by atoms with Crippen molar-refractivity contribution in [2.75, 3.05) is 33.8 Å². The van der Waals surface area contributed by atoms with Crippen LogP contribution in [0.4, 0.5) is 4.79 Å². The van der Waals surface area contributed by atoms with Crippen molar-refractivity contribution in [1.82, 2.24) is 10.2 Å². The monoisotopic (exact) mass is 184 g/mol. The summed E-state index contributed by atoms with van der Waals surface area (Å²) in [6.45, 7) is 3.19. The van der Waals surface area contributed by atoms with E-state index in [1.807, 2.05) is 19.0 Å². The van der Waals surface area contributed by atoms with E-state index in [9.17, 15) is 4.79 Å².